The monoisotopic (exact) mass is 508 g/mol. The predicted molar refractivity (Wildman–Crippen MR) is 137 cm³/mol. The molecule has 1 aliphatic carbocycles. The van der Waals surface area contributed by atoms with Crippen LogP contribution in [0.5, 0.6) is 0 Å². The molecule has 7 heteroatoms. The van der Waals surface area contributed by atoms with Gasteiger partial charge in [-0.15, -0.1) is 0 Å². The van der Waals surface area contributed by atoms with E-state index in [9.17, 15) is 18.0 Å². The average Bonchev–Trinajstić information content (AvgIpc) is 3.14. The van der Waals surface area contributed by atoms with Gasteiger partial charge in [-0.25, -0.2) is 4.79 Å². The lowest BCUT2D eigenvalue weighted by atomic mass is 9.85. The van der Waals surface area contributed by atoms with Gasteiger partial charge in [0, 0.05) is 31.2 Å². The van der Waals surface area contributed by atoms with Crippen molar-refractivity contribution in [3.8, 4) is 0 Å². The lowest BCUT2D eigenvalue weighted by Crippen LogP contribution is -2.43. The number of ether oxygens (including phenoxy) is 1. The van der Waals surface area contributed by atoms with Crippen LogP contribution in [0.15, 0.2) is 84.9 Å². The van der Waals surface area contributed by atoms with Gasteiger partial charge in [0.05, 0.1) is 18.7 Å². The zero-order valence-electron chi connectivity index (χ0n) is 20.6. The number of hydrogen-bond acceptors (Lipinski definition) is 3. The van der Waals surface area contributed by atoms with E-state index in [1.807, 2.05) is 24.3 Å². The summed E-state index contributed by atoms with van der Waals surface area (Å²) in [5.74, 6) is 1.32. The normalized spacial score (nSPS) is 21.5. The van der Waals surface area contributed by atoms with Crippen LogP contribution in [0.4, 0.5) is 23.7 Å². The summed E-state index contributed by atoms with van der Waals surface area (Å²) in [5.41, 5.74) is 1.85. The summed E-state index contributed by atoms with van der Waals surface area (Å²) in [7, 11) is 0. The van der Waals surface area contributed by atoms with Crippen LogP contribution in [0.1, 0.15) is 29.5 Å². The smallest absolute Gasteiger partial charge is 0.416 e. The SMILES string of the molecule is O=C(OCC1C2CCC1CN(Cc1ccccc1)C2)N(Cc1ccc(C(F)(F)F)cc1)c1ccccc1. The molecule has 1 aliphatic heterocycles. The van der Waals surface area contributed by atoms with E-state index in [0.29, 0.717) is 35.6 Å². The van der Waals surface area contributed by atoms with Gasteiger partial charge < -0.3 is 4.74 Å². The molecule has 3 aromatic carbocycles. The van der Waals surface area contributed by atoms with Crippen LogP contribution in [0, 0.1) is 17.8 Å². The quantitative estimate of drug-likeness (QED) is 0.344. The molecule has 1 saturated carbocycles. The number of nitrogens with zero attached hydrogens (tertiary/aromatic N) is 2. The van der Waals surface area contributed by atoms with Crippen molar-refractivity contribution in [2.24, 2.45) is 17.8 Å². The Morgan fingerprint density at radius 2 is 1.43 bits per heavy atom. The Hall–Kier alpha value is -3.32. The number of carbonyl (C=O) groups is 1. The van der Waals surface area contributed by atoms with E-state index in [2.05, 4.69) is 29.2 Å². The van der Waals surface area contributed by atoms with Gasteiger partial charge in [0.25, 0.3) is 0 Å². The maximum atomic E-state index is 13.3. The standard InChI is InChI=1S/C30H31F3N2O2/c31-30(32,33)26-15-11-23(12-16-26)18-35(27-9-5-2-6-10-27)29(36)37-21-28-24-13-14-25(28)20-34(19-24)17-22-7-3-1-4-8-22/h1-12,15-16,24-25,28H,13-14,17-21H2. The number of fused-ring (bicyclic) bond motifs is 2. The minimum atomic E-state index is -4.40. The fourth-order valence-corrected chi connectivity index (χ4v) is 5.77. The number of alkyl halides is 3. The van der Waals surface area contributed by atoms with E-state index >= 15 is 0 Å². The topological polar surface area (TPSA) is 32.8 Å². The molecular formula is C30H31F3N2O2. The molecule has 0 N–H and O–H groups in total. The Labute approximate surface area is 215 Å². The van der Waals surface area contributed by atoms with E-state index in [4.69, 9.17) is 4.74 Å². The fourth-order valence-electron chi connectivity index (χ4n) is 5.77. The molecule has 1 saturated heterocycles. The second kappa shape index (κ2) is 11.0. The van der Waals surface area contributed by atoms with Crippen molar-refractivity contribution < 1.29 is 22.7 Å². The number of anilines is 1. The van der Waals surface area contributed by atoms with Crippen molar-refractivity contribution in [2.75, 3.05) is 24.6 Å². The molecule has 2 fully saturated rings. The molecule has 194 valence electrons. The second-order valence-electron chi connectivity index (χ2n) is 10.1. The molecule has 3 aromatic rings. The zero-order valence-corrected chi connectivity index (χ0v) is 20.6. The number of amides is 1. The third-order valence-corrected chi connectivity index (χ3v) is 7.66. The van der Waals surface area contributed by atoms with Crippen LogP contribution >= 0.6 is 0 Å². The van der Waals surface area contributed by atoms with E-state index in [1.165, 1.54) is 22.6 Å². The van der Waals surface area contributed by atoms with Crippen LogP contribution < -0.4 is 4.90 Å². The molecule has 2 aliphatic rings. The Kier molecular flexibility index (Phi) is 7.51. The molecule has 1 heterocycles. The summed E-state index contributed by atoms with van der Waals surface area (Å²) >= 11 is 0. The van der Waals surface area contributed by atoms with Gasteiger partial charge >= 0.3 is 12.3 Å². The molecule has 2 bridgehead atoms. The van der Waals surface area contributed by atoms with E-state index in [1.54, 1.807) is 12.1 Å². The number of likely N-dealkylation sites (tertiary alicyclic amines) is 1. The lowest BCUT2D eigenvalue weighted by molar-refractivity contribution is -0.137. The molecule has 37 heavy (non-hydrogen) atoms. The van der Waals surface area contributed by atoms with Crippen molar-refractivity contribution in [3.63, 3.8) is 0 Å². The van der Waals surface area contributed by atoms with Gasteiger partial charge in [0.1, 0.15) is 0 Å². The summed E-state index contributed by atoms with van der Waals surface area (Å²) in [6.45, 7) is 3.44. The van der Waals surface area contributed by atoms with Gasteiger partial charge in [-0.2, -0.15) is 13.2 Å². The molecule has 2 atom stereocenters. The number of carbonyl (C=O) groups excluding carboxylic acids is 1. The predicted octanol–water partition coefficient (Wildman–Crippen LogP) is 7.01. The first-order chi connectivity index (χ1) is 17.9. The van der Waals surface area contributed by atoms with E-state index < -0.39 is 17.8 Å². The number of benzene rings is 3. The van der Waals surface area contributed by atoms with Gasteiger partial charge in [-0.05, 0) is 60.1 Å². The minimum Gasteiger partial charge on any atom is -0.449 e. The Morgan fingerprint density at radius 3 is 2.03 bits per heavy atom. The van der Waals surface area contributed by atoms with Crippen LogP contribution in [0.2, 0.25) is 0 Å². The summed E-state index contributed by atoms with van der Waals surface area (Å²) in [6, 6.07) is 24.5. The number of piperidine rings is 1. The Morgan fingerprint density at radius 1 is 0.838 bits per heavy atom. The largest absolute Gasteiger partial charge is 0.449 e. The number of hydrogen-bond donors (Lipinski definition) is 0. The summed E-state index contributed by atoms with van der Waals surface area (Å²) < 4.78 is 44.8. The van der Waals surface area contributed by atoms with Gasteiger partial charge in [-0.1, -0.05) is 60.7 Å². The van der Waals surface area contributed by atoms with Gasteiger partial charge in [0.15, 0.2) is 0 Å². The minimum absolute atomic E-state index is 0.128. The highest BCUT2D eigenvalue weighted by Gasteiger charge is 2.42. The van der Waals surface area contributed by atoms with E-state index in [-0.39, 0.29) is 6.54 Å². The van der Waals surface area contributed by atoms with Gasteiger partial charge in [0.2, 0.25) is 0 Å². The third kappa shape index (κ3) is 6.16. The zero-order chi connectivity index (χ0) is 25.8. The highest BCUT2D eigenvalue weighted by Crippen LogP contribution is 2.42. The summed E-state index contributed by atoms with van der Waals surface area (Å²) in [5, 5.41) is 0. The average molecular weight is 509 g/mol. The van der Waals surface area contributed by atoms with Crippen molar-refractivity contribution in [1.82, 2.24) is 4.90 Å². The second-order valence-corrected chi connectivity index (χ2v) is 10.1. The summed E-state index contributed by atoms with van der Waals surface area (Å²) in [6.07, 6.45) is -2.58. The van der Waals surface area contributed by atoms with Crippen molar-refractivity contribution in [3.05, 3.63) is 102 Å². The molecule has 2 unspecified atom stereocenters. The first-order valence-electron chi connectivity index (χ1n) is 12.8. The third-order valence-electron chi connectivity index (χ3n) is 7.66. The number of halogens is 3. The first-order valence-corrected chi connectivity index (χ1v) is 12.8. The van der Waals surface area contributed by atoms with Crippen LogP contribution in [0.3, 0.4) is 0 Å². The Balaban J connectivity index is 1.22. The highest BCUT2D eigenvalue weighted by molar-refractivity contribution is 5.87. The fraction of sp³-hybridized carbons (Fsp3) is 0.367. The van der Waals surface area contributed by atoms with Crippen molar-refractivity contribution in [1.29, 1.82) is 0 Å². The highest BCUT2D eigenvalue weighted by atomic mass is 19.4. The molecule has 0 aromatic heterocycles. The molecule has 0 radical (unpaired) electrons. The van der Waals surface area contributed by atoms with Gasteiger partial charge in [-0.3, -0.25) is 9.80 Å². The van der Waals surface area contributed by atoms with E-state index in [0.717, 1.165) is 44.6 Å². The molecule has 0 spiro atoms. The number of rotatable bonds is 7. The van der Waals surface area contributed by atoms with Crippen LogP contribution in [-0.4, -0.2) is 30.7 Å². The van der Waals surface area contributed by atoms with Crippen molar-refractivity contribution in [2.45, 2.75) is 32.1 Å². The number of para-hydroxylation sites is 1. The maximum absolute atomic E-state index is 13.3. The summed E-state index contributed by atoms with van der Waals surface area (Å²) in [4.78, 5) is 17.3. The molecule has 4 nitrogen and oxygen atoms in total. The van der Waals surface area contributed by atoms with Crippen LogP contribution in [0.25, 0.3) is 0 Å². The van der Waals surface area contributed by atoms with Crippen LogP contribution in [-0.2, 0) is 24.0 Å². The van der Waals surface area contributed by atoms with Crippen molar-refractivity contribution >= 4 is 11.8 Å². The molecule has 5 rings (SSSR count). The maximum Gasteiger partial charge on any atom is 0.416 e. The Bertz CT molecular complexity index is 1150. The molecular weight excluding hydrogens is 477 g/mol. The molecule has 1 amide bonds. The first kappa shape index (κ1) is 25.3. The lowest BCUT2D eigenvalue weighted by Gasteiger charge is -2.38.